The van der Waals surface area contributed by atoms with Crippen LogP contribution in [0.5, 0.6) is 5.75 Å². The Bertz CT molecular complexity index is 763. The van der Waals surface area contributed by atoms with Gasteiger partial charge in [-0.25, -0.2) is 0 Å². The average Bonchev–Trinajstić information content (AvgIpc) is 2.65. The van der Waals surface area contributed by atoms with Crippen LogP contribution in [-0.4, -0.2) is 25.1 Å². The summed E-state index contributed by atoms with van der Waals surface area (Å²) in [6, 6.07) is 14.5. The minimum atomic E-state index is 0. The zero-order chi connectivity index (χ0) is 17.9. The van der Waals surface area contributed by atoms with Crippen molar-refractivity contribution in [3.63, 3.8) is 0 Å². The number of rotatable bonds is 5. The molecule has 4 nitrogen and oxygen atoms in total. The van der Waals surface area contributed by atoms with E-state index >= 15 is 0 Å². The largest absolute Gasteiger partial charge is 0.491 e. The zero-order valence-corrected chi connectivity index (χ0v) is 16.4. The molecule has 146 valence electrons. The maximum atomic E-state index is 12.6. The number of fused-ring (bicyclic) bond motifs is 3. The van der Waals surface area contributed by atoms with Crippen LogP contribution >= 0.6 is 12.4 Å². The second-order valence-electron chi connectivity index (χ2n) is 7.81. The van der Waals surface area contributed by atoms with Crippen LogP contribution in [0.2, 0.25) is 0 Å². The van der Waals surface area contributed by atoms with Crippen molar-refractivity contribution in [2.24, 2.45) is 23.5 Å². The summed E-state index contributed by atoms with van der Waals surface area (Å²) >= 11 is 0. The summed E-state index contributed by atoms with van der Waals surface area (Å²) < 4.78 is 5.91. The highest BCUT2D eigenvalue weighted by atomic mass is 35.5. The number of nitrogens with two attached hydrogens (primary N) is 1. The van der Waals surface area contributed by atoms with Gasteiger partial charge in [0, 0.05) is 17.3 Å². The summed E-state index contributed by atoms with van der Waals surface area (Å²) in [7, 11) is 0. The average molecular weight is 389 g/mol. The molecule has 2 aliphatic rings. The van der Waals surface area contributed by atoms with Gasteiger partial charge in [-0.2, -0.15) is 0 Å². The van der Waals surface area contributed by atoms with Crippen molar-refractivity contribution in [1.82, 2.24) is 5.32 Å². The third kappa shape index (κ3) is 4.39. The van der Waals surface area contributed by atoms with Crippen molar-refractivity contribution in [3.8, 4) is 5.75 Å². The quantitative estimate of drug-likeness (QED) is 0.763. The van der Waals surface area contributed by atoms with E-state index in [1.807, 2.05) is 24.3 Å². The maximum Gasteiger partial charge on any atom is 0.223 e. The number of carbonyl (C=O) groups is 1. The third-order valence-electron chi connectivity index (χ3n) is 6.19. The van der Waals surface area contributed by atoms with E-state index in [0.29, 0.717) is 31.0 Å². The Labute approximate surface area is 167 Å². The van der Waals surface area contributed by atoms with Gasteiger partial charge in [-0.05, 0) is 49.0 Å². The molecule has 5 heteroatoms. The predicted molar refractivity (Wildman–Crippen MR) is 111 cm³/mol. The predicted octanol–water partition coefficient (Wildman–Crippen LogP) is 3.91. The lowest BCUT2D eigenvalue weighted by atomic mass is 9.65. The molecular formula is C22H29ClN2O2. The zero-order valence-electron chi connectivity index (χ0n) is 15.6. The molecule has 27 heavy (non-hydrogen) atoms. The summed E-state index contributed by atoms with van der Waals surface area (Å²) in [5.41, 5.74) is 6.33. The number of ether oxygens (including phenoxy) is 1. The van der Waals surface area contributed by atoms with Crippen molar-refractivity contribution in [2.45, 2.75) is 38.1 Å². The Morgan fingerprint density at radius 3 is 2.56 bits per heavy atom. The smallest absolute Gasteiger partial charge is 0.223 e. The molecule has 2 bridgehead atoms. The fourth-order valence-electron chi connectivity index (χ4n) is 4.80. The fraction of sp³-hybridized carbons (Fsp3) is 0.500. The lowest BCUT2D eigenvalue weighted by Gasteiger charge is -2.43. The molecule has 2 aliphatic carbocycles. The normalized spacial score (nSPS) is 26.9. The molecule has 2 fully saturated rings. The molecule has 2 unspecified atom stereocenters. The summed E-state index contributed by atoms with van der Waals surface area (Å²) in [4.78, 5) is 12.6. The lowest BCUT2D eigenvalue weighted by Crippen LogP contribution is -2.49. The first-order valence-electron chi connectivity index (χ1n) is 9.86. The number of carbonyl (C=O) groups excluding carboxylic acids is 1. The molecule has 4 rings (SSSR count). The van der Waals surface area contributed by atoms with E-state index in [4.69, 9.17) is 10.5 Å². The first kappa shape index (κ1) is 20.0. The fourth-order valence-corrected chi connectivity index (χ4v) is 4.80. The van der Waals surface area contributed by atoms with E-state index in [-0.39, 0.29) is 24.2 Å². The van der Waals surface area contributed by atoms with Crippen LogP contribution in [0.15, 0.2) is 42.5 Å². The molecule has 0 heterocycles. The number of hydrogen-bond acceptors (Lipinski definition) is 3. The molecule has 3 N–H and O–H groups in total. The van der Waals surface area contributed by atoms with Gasteiger partial charge in [0.15, 0.2) is 0 Å². The number of hydrogen-bond donors (Lipinski definition) is 2. The highest BCUT2D eigenvalue weighted by Gasteiger charge is 2.40. The summed E-state index contributed by atoms with van der Waals surface area (Å²) in [6.07, 6.45) is 5.55. The van der Waals surface area contributed by atoms with Gasteiger partial charge in [0.25, 0.3) is 0 Å². The standard InChI is InChI=1S/C22H28N2O2.ClH/c23-21-16-7-3-8-17(21)14-18(13-16)22(25)24-11-12-26-20-10-4-6-15-5-1-2-9-19(15)20;/h1-2,4-6,9-10,16-18,21H,3,7-8,11-14,23H2,(H,24,25);1H. The minimum Gasteiger partial charge on any atom is -0.491 e. The van der Waals surface area contributed by atoms with Crippen molar-refractivity contribution in [1.29, 1.82) is 0 Å². The van der Waals surface area contributed by atoms with E-state index in [1.54, 1.807) is 0 Å². The first-order chi connectivity index (χ1) is 12.7. The van der Waals surface area contributed by atoms with E-state index in [9.17, 15) is 4.79 Å². The van der Waals surface area contributed by atoms with Crippen LogP contribution in [0.3, 0.4) is 0 Å². The molecule has 1 amide bonds. The van der Waals surface area contributed by atoms with E-state index < -0.39 is 0 Å². The second kappa shape index (κ2) is 8.94. The Kier molecular flexibility index (Phi) is 6.61. The molecule has 2 saturated carbocycles. The summed E-state index contributed by atoms with van der Waals surface area (Å²) in [5.74, 6) is 2.24. The van der Waals surface area contributed by atoms with Crippen LogP contribution in [0, 0.1) is 17.8 Å². The number of benzene rings is 2. The number of nitrogens with one attached hydrogen (secondary N) is 1. The molecule has 0 aliphatic heterocycles. The van der Waals surface area contributed by atoms with Crippen LogP contribution in [-0.2, 0) is 4.79 Å². The molecule has 0 spiro atoms. The number of halogens is 1. The minimum absolute atomic E-state index is 0. The van der Waals surface area contributed by atoms with Gasteiger partial charge in [0.1, 0.15) is 12.4 Å². The van der Waals surface area contributed by atoms with E-state index in [1.165, 1.54) is 24.6 Å². The molecular weight excluding hydrogens is 360 g/mol. The molecule has 2 atom stereocenters. The highest BCUT2D eigenvalue weighted by Crippen LogP contribution is 2.41. The second-order valence-corrected chi connectivity index (χ2v) is 7.81. The monoisotopic (exact) mass is 388 g/mol. The lowest BCUT2D eigenvalue weighted by molar-refractivity contribution is -0.128. The van der Waals surface area contributed by atoms with E-state index in [2.05, 4.69) is 23.5 Å². The van der Waals surface area contributed by atoms with E-state index in [0.717, 1.165) is 24.0 Å². The molecule has 2 aromatic carbocycles. The van der Waals surface area contributed by atoms with Gasteiger partial charge in [0.05, 0.1) is 6.54 Å². The van der Waals surface area contributed by atoms with Crippen molar-refractivity contribution in [3.05, 3.63) is 42.5 Å². The molecule has 0 saturated heterocycles. The highest BCUT2D eigenvalue weighted by molar-refractivity contribution is 5.88. The van der Waals surface area contributed by atoms with Crippen molar-refractivity contribution in [2.75, 3.05) is 13.2 Å². The Balaban J connectivity index is 0.00000210. The Morgan fingerprint density at radius 2 is 1.78 bits per heavy atom. The molecule has 0 aromatic heterocycles. The topological polar surface area (TPSA) is 64.4 Å². The van der Waals surface area contributed by atoms with Gasteiger partial charge < -0.3 is 15.8 Å². The third-order valence-corrected chi connectivity index (χ3v) is 6.19. The summed E-state index contributed by atoms with van der Waals surface area (Å²) in [5, 5.41) is 5.34. The van der Waals surface area contributed by atoms with Crippen molar-refractivity contribution >= 4 is 29.1 Å². The molecule has 0 radical (unpaired) electrons. The van der Waals surface area contributed by atoms with Gasteiger partial charge in [-0.3, -0.25) is 4.79 Å². The molecule has 2 aromatic rings. The van der Waals surface area contributed by atoms with Gasteiger partial charge in [-0.15, -0.1) is 12.4 Å². The van der Waals surface area contributed by atoms with Gasteiger partial charge >= 0.3 is 0 Å². The first-order valence-corrected chi connectivity index (χ1v) is 9.86. The van der Waals surface area contributed by atoms with Crippen LogP contribution in [0.25, 0.3) is 10.8 Å². The Morgan fingerprint density at radius 1 is 1.07 bits per heavy atom. The van der Waals surface area contributed by atoms with Gasteiger partial charge in [-0.1, -0.05) is 42.8 Å². The number of amides is 1. The maximum absolute atomic E-state index is 12.6. The van der Waals surface area contributed by atoms with Crippen molar-refractivity contribution < 1.29 is 9.53 Å². The Hall–Kier alpha value is -1.78. The van der Waals surface area contributed by atoms with Gasteiger partial charge in [0.2, 0.25) is 5.91 Å². The van der Waals surface area contributed by atoms with Crippen LogP contribution in [0.1, 0.15) is 32.1 Å². The SMILES string of the molecule is Cl.NC1C2CCCC1CC(C(=O)NCCOc1cccc3ccccc13)C2. The van der Waals surface area contributed by atoms with Crippen LogP contribution in [0.4, 0.5) is 0 Å². The van der Waals surface area contributed by atoms with Crippen LogP contribution < -0.4 is 15.8 Å². The summed E-state index contributed by atoms with van der Waals surface area (Å²) in [6.45, 7) is 1.03.